The second-order valence-electron chi connectivity index (χ2n) is 9.18. The van der Waals surface area contributed by atoms with Crippen molar-refractivity contribution in [2.45, 2.75) is 25.7 Å². The van der Waals surface area contributed by atoms with Gasteiger partial charge in [-0.3, -0.25) is 4.79 Å². The molecule has 222 valence electrons. The number of carbonyl (C=O) groups excluding carboxylic acids is 3. The van der Waals surface area contributed by atoms with E-state index in [9.17, 15) is 14.4 Å². The van der Waals surface area contributed by atoms with Gasteiger partial charge < -0.3 is 24.3 Å². The van der Waals surface area contributed by atoms with Crippen molar-refractivity contribution in [2.75, 3.05) is 31.7 Å². The van der Waals surface area contributed by atoms with Gasteiger partial charge in [0, 0.05) is 34.5 Å². The van der Waals surface area contributed by atoms with E-state index < -0.39 is 11.9 Å². The molecule has 43 heavy (non-hydrogen) atoms. The lowest BCUT2D eigenvalue weighted by molar-refractivity contribution is -0.138. The molecule has 0 unspecified atom stereocenters. The Kier molecular flexibility index (Phi) is 13.6. The summed E-state index contributed by atoms with van der Waals surface area (Å²) in [6, 6.07) is 21.7. The van der Waals surface area contributed by atoms with Crippen LogP contribution < -0.4 is 14.8 Å². The maximum Gasteiger partial charge on any atom is 0.330 e. The largest absolute Gasteiger partial charge is 0.494 e. The Morgan fingerprint density at radius 1 is 0.605 bits per heavy atom. The molecule has 0 aliphatic rings. The van der Waals surface area contributed by atoms with Crippen molar-refractivity contribution in [3.05, 3.63) is 115 Å². The summed E-state index contributed by atoms with van der Waals surface area (Å²) in [6.45, 7) is 8.39. The normalized spacial score (nSPS) is 9.95. The molecule has 1 amide bonds. The van der Waals surface area contributed by atoms with Crippen molar-refractivity contribution in [3.8, 4) is 23.3 Å². The molecule has 0 bridgehead atoms. The van der Waals surface area contributed by atoms with Crippen molar-refractivity contribution in [1.29, 1.82) is 0 Å². The van der Waals surface area contributed by atoms with Gasteiger partial charge in [-0.1, -0.05) is 25.0 Å². The molecule has 8 nitrogen and oxygen atoms in total. The first-order valence-corrected chi connectivity index (χ1v) is 13.9. The molecule has 0 aromatic heterocycles. The van der Waals surface area contributed by atoms with E-state index in [1.807, 2.05) is 36.4 Å². The standard InChI is InChI=1S/C35H35NO7/c1-3-33(37)42-25-7-5-23-40-31-19-13-28(14-20-31)10-9-27-11-17-30(18-12-27)36-35(39)29-15-21-32(22-16-29)41-24-6-8-26-43-34(38)4-2/h3-4,11-22H,1-2,5-8,23-26H2,(H,36,39). The molecule has 8 heteroatoms. The first-order chi connectivity index (χ1) is 21.0. The van der Waals surface area contributed by atoms with Crippen molar-refractivity contribution < 1.29 is 33.3 Å². The number of anilines is 1. The fourth-order valence-corrected chi connectivity index (χ4v) is 3.57. The number of unbranched alkanes of at least 4 members (excludes halogenated alkanes) is 2. The van der Waals surface area contributed by atoms with Gasteiger partial charge in [-0.15, -0.1) is 0 Å². The molecule has 3 aromatic carbocycles. The topological polar surface area (TPSA) is 100 Å². The van der Waals surface area contributed by atoms with Crippen molar-refractivity contribution >= 4 is 23.5 Å². The number of nitrogens with one attached hydrogen (secondary N) is 1. The monoisotopic (exact) mass is 581 g/mol. The molecule has 0 aliphatic heterocycles. The molecule has 0 fully saturated rings. The van der Waals surface area contributed by atoms with Gasteiger partial charge >= 0.3 is 11.9 Å². The van der Waals surface area contributed by atoms with E-state index in [4.69, 9.17) is 18.9 Å². The van der Waals surface area contributed by atoms with Crippen molar-refractivity contribution in [2.24, 2.45) is 0 Å². The van der Waals surface area contributed by atoms with E-state index in [2.05, 4.69) is 30.3 Å². The Morgan fingerprint density at radius 2 is 1.02 bits per heavy atom. The van der Waals surface area contributed by atoms with Gasteiger partial charge in [0.05, 0.1) is 26.4 Å². The maximum atomic E-state index is 12.6. The second kappa shape index (κ2) is 18.2. The number of rotatable bonds is 16. The van der Waals surface area contributed by atoms with Crippen LogP contribution in [0.5, 0.6) is 11.5 Å². The third kappa shape index (κ3) is 12.4. The zero-order valence-corrected chi connectivity index (χ0v) is 24.0. The van der Waals surface area contributed by atoms with E-state index in [1.165, 1.54) is 0 Å². The molecular formula is C35H35NO7. The lowest BCUT2D eigenvalue weighted by Crippen LogP contribution is -2.11. The lowest BCUT2D eigenvalue weighted by Gasteiger charge is -2.08. The first kappa shape index (κ1) is 32.2. The number of benzene rings is 3. The highest BCUT2D eigenvalue weighted by Gasteiger charge is 2.07. The zero-order chi connectivity index (χ0) is 30.7. The van der Waals surface area contributed by atoms with Crippen LogP contribution in [0.3, 0.4) is 0 Å². The number of esters is 2. The molecule has 0 atom stereocenters. The van der Waals surface area contributed by atoms with Gasteiger partial charge in [-0.2, -0.15) is 0 Å². The average molecular weight is 582 g/mol. The molecule has 3 rings (SSSR count). The van der Waals surface area contributed by atoms with Crippen molar-refractivity contribution in [1.82, 2.24) is 0 Å². The minimum Gasteiger partial charge on any atom is -0.494 e. The summed E-state index contributed by atoms with van der Waals surface area (Å²) in [5, 5.41) is 2.88. The highest BCUT2D eigenvalue weighted by Crippen LogP contribution is 2.16. The second-order valence-corrected chi connectivity index (χ2v) is 9.18. The third-order valence-corrected chi connectivity index (χ3v) is 5.90. The van der Waals surface area contributed by atoms with Crippen LogP contribution in [-0.2, 0) is 19.1 Å². The summed E-state index contributed by atoms with van der Waals surface area (Å²) in [5.74, 6) is 6.58. The summed E-state index contributed by atoms with van der Waals surface area (Å²) in [4.78, 5) is 34.7. The van der Waals surface area contributed by atoms with Gasteiger partial charge in [0.1, 0.15) is 11.5 Å². The Bertz CT molecular complexity index is 1420. The number of ether oxygens (including phenoxy) is 4. The Morgan fingerprint density at radius 3 is 1.49 bits per heavy atom. The van der Waals surface area contributed by atoms with Crippen LogP contribution in [-0.4, -0.2) is 44.3 Å². The molecule has 0 spiro atoms. The van der Waals surface area contributed by atoms with Crippen LogP contribution in [0.4, 0.5) is 5.69 Å². The molecule has 3 aromatic rings. The molecule has 0 radical (unpaired) electrons. The van der Waals surface area contributed by atoms with Crippen LogP contribution in [0.1, 0.15) is 47.2 Å². The van der Waals surface area contributed by atoms with Gasteiger partial charge in [-0.25, -0.2) is 9.59 Å². The number of amides is 1. The van der Waals surface area contributed by atoms with Gasteiger partial charge in [0.15, 0.2) is 0 Å². The third-order valence-electron chi connectivity index (χ3n) is 5.90. The summed E-state index contributed by atoms with van der Waals surface area (Å²) in [6.07, 6.45) is 5.19. The maximum absolute atomic E-state index is 12.6. The minimum absolute atomic E-state index is 0.229. The SMILES string of the molecule is C=CC(=O)OCCCCOc1ccc(C#Cc2ccc(NC(=O)c3ccc(OCCCCOC(=O)C=C)cc3)cc2)cc1. The van der Waals surface area contributed by atoms with E-state index in [-0.39, 0.29) is 5.91 Å². The fourth-order valence-electron chi connectivity index (χ4n) is 3.57. The molecule has 1 N–H and O–H groups in total. The smallest absolute Gasteiger partial charge is 0.330 e. The first-order valence-electron chi connectivity index (χ1n) is 13.9. The predicted octanol–water partition coefficient (Wildman–Crippen LogP) is 6.12. The Balaban J connectivity index is 1.38. The summed E-state index contributed by atoms with van der Waals surface area (Å²) in [7, 11) is 0. The highest BCUT2D eigenvalue weighted by atomic mass is 16.5. The zero-order valence-electron chi connectivity index (χ0n) is 24.0. The Labute approximate surface area is 252 Å². The molecule has 0 aliphatic carbocycles. The summed E-state index contributed by atoms with van der Waals surface area (Å²) >= 11 is 0. The van der Waals surface area contributed by atoms with Crippen molar-refractivity contribution in [3.63, 3.8) is 0 Å². The Hall–Kier alpha value is -5.29. The molecular weight excluding hydrogens is 546 g/mol. The lowest BCUT2D eigenvalue weighted by atomic mass is 10.1. The minimum atomic E-state index is -0.430. The van der Waals surface area contributed by atoms with Gasteiger partial charge in [0.25, 0.3) is 5.91 Å². The van der Waals surface area contributed by atoms with E-state index in [0.717, 1.165) is 48.3 Å². The van der Waals surface area contributed by atoms with E-state index in [0.29, 0.717) is 49.8 Å². The predicted molar refractivity (Wildman–Crippen MR) is 165 cm³/mol. The molecule has 0 saturated carbocycles. The highest BCUT2D eigenvalue weighted by molar-refractivity contribution is 6.04. The molecule has 0 heterocycles. The van der Waals surface area contributed by atoms with E-state index in [1.54, 1.807) is 36.4 Å². The van der Waals surface area contributed by atoms with Crippen LogP contribution in [0.2, 0.25) is 0 Å². The number of carbonyl (C=O) groups is 3. The van der Waals surface area contributed by atoms with E-state index >= 15 is 0 Å². The summed E-state index contributed by atoms with van der Waals surface area (Å²) < 4.78 is 21.2. The molecule has 0 saturated heterocycles. The summed E-state index contributed by atoms with van der Waals surface area (Å²) in [5.41, 5.74) is 2.83. The van der Waals surface area contributed by atoms with Crippen LogP contribution in [0.15, 0.2) is 98.1 Å². The number of hydrogen-bond donors (Lipinski definition) is 1. The fraction of sp³-hybridized carbons (Fsp3) is 0.229. The van der Waals surface area contributed by atoms with Crippen LogP contribution in [0, 0.1) is 11.8 Å². The van der Waals surface area contributed by atoms with Crippen LogP contribution >= 0.6 is 0 Å². The van der Waals surface area contributed by atoms with Gasteiger partial charge in [-0.05, 0) is 98.5 Å². The van der Waals surface area contributed by atoms with Gasteiger partial charge in [0.2, 0.25) is 0 Å². The van der Waals surface area contributed by atoms with Crippen LogP contribution in [0.25, 0.3) is 0 Å². The quantitative estimate of drug-likeness (QED) is 0.0942. The average Bonchev–Trinajstić information content (AvgIpc) is 3.04. The number of hydrogen-bond acceptors (Lipinski definition) is 7.